The molecule has 4 heteroatoms. The summed E-state index contributed by atoms with van der Waals surface area (Å²) >= 11 is 3.46. The van der Waals surface area contributed by atoms with Crippen LogP contribution in [0.5, 0.6) is 0 Å². The molecule has 0 aromatic heterocycles. The molecule has 0 saturated heterocycles. The summed E-state index contributed by atoms with van der Waals surface area (Å²) in [6, 6.07) is 4.26. The maximum absolute atomic E-state index is 12.1. The predicted octanol–water partition coefficient (Wildman–Crippen LogP) is 2.63. The lowest BCUT2D eigenvalue weighted by Crippen LogP contribution is -2.42. The Hall–Kier alpha value is -0.870. The monoisotopic (exact) mass is 282 g/mol. The second-order valence-corrected chi connectivity index (χ2v) is 5.35. The molecule has 1 N–H and O–H groups in total. The van der Waals surface area contributed by atoms with Crippen LogP contribution in [-0.4, -0.2) is 17.0 Å². The van der Waals surface area contributed by atoms with Gasteiger partial charge in [-0.25, -0.2) is 5.43 Å². The Morgan fingerprint density at radius 1 is 1.44 bits per heavy atom. The average Bonchev–Trinajstić information content (AvgIpc) is 2.41. The molecule has 2 rings (SSSR count). The summed E-state index contributed by atoms with van der Waals surface area (Å²) in [7, 11) is 0. The number of aryl methyl sites for hydroxylation is 1. The lowest BCUT2D eigenvalue weighted by molar-refractivity contribution is 0.0657. The fourth-order valence-corrected chi connectivity index (χ4v) is 2.66. The van der Waals surface area contributed by atoms with Crippen LogP contribution in [-0.2, 0) is 6.54 Å². The summed E-state index contributed by atoms with van der Waals surface area (Å²) in [6.45, 7) is 6.67. The Bertz CT molecular complexity index is 443. The molecule has 1 amide bonds. The number of nitrogens with zero attached hydrogens (tertiary/aromatic N) is 1. The molecular weight excluding hydrogens is 268 g/mol. The van der Waals surface area contributed by atoms with Crippen LogP contribution < -0.4 is 5.43 Å². The van der Waals surface area contributed by atoms with Crippen molar-refractivity contribution in [2.75, 3.05) is 0 Å². The molecule has 86 valence electrons. The largest absolute Gasteiger partial charge is 0.269 e. The van der Waals surface area contributed by atoms with Gasteiger partial charge in [0.15, 0.2) is 0 Å². The summed E-state index contributed by atoms with van der Waals surface area (Å²) < 4.78 is 1.03. The van der Waals surface area contributed by atoms with E-state index in [0.717, 1.165) is 21.2 Å². The number of carbonyl (C=O) groups is 1. The lowest BCUT2D eigenvalue weighted by atomic mass is 10.0. The zero-order valence-corrected chi connectivity index (χ0v) is 11.3. The quantitative estimate of drug-likeness (QED) is 0.905. The number of hydrazine groups is 1. The summed E-state index contributed by atoms with van der Waals surface area (Å²) in [4.78, 5) is 12.1. The van der Waals surface area contributed by atoms with Crippen LogP contribution in [0.15, 0.2) is 16.6 Å². The van der Waals surface area contributed by atoms with E-state index >= 15 is 0 Å². The van der Waals surface area contributed by atoms with Crippen molar-refractivity contribution in [3.63, 3.8) is 0 Å². The first-order chi connectivity index (χ1) is 7.49. The predicted molar refractivity (Wildman–Crippen MR) is 67.0 cm³/mol. The summed E-state index contributed by atoms with van der Waals surface area (Å²) in [5.41, 5.74) is 6.12. The molecule has 1 aliphatic heterocycles. The van der Waals surface area contributed by atoms with Crippen LogP contribution in [0, 0.1) is 6.92 Å². The molecule has 0 radical (unpaired) electrons. The zero-order chi connectivity index (χ0) is 11.9. The molecule has 0 atom stereocenters. The highest BCUT2D eigenvalue weighted by atomic mass is 79.9. The molecule has 0 bridgehead atoms. The first-order valence-corrected chi connectivity index (χ1v) is 6.15. The third-order valence-corrected chi connectivity index (χ3v) is 3.04. The molecule has 1 aromatic carbocycles. The maximum atomic E-state index is 12.1. The van der Waals surface area contributed by atoms with Crippen LogP contribution in [0.4, 0.5) is 0 Å². The van der Waals surface area contributed by atoms with Gasteiger partial charge in [-0.05, 0) is 44.0 Å². The zero-order valence-electron chi connectivity index (χ0n) is 9.67. The van der Waals surface area contributed by atoms with Crippen LogP contribution >= 0.6 is 15.9 Å². The van der Waals surface area contributed by atoms with Crippen molar-refractivity contribution in [3.05, 3.63) is 33.3 Å². The number of rotatable bonds is 2. The number of hydrogen-bond donors (Lipinski definition) is 1. The van der Waals surface area contributed by atoms with Crippen LogP contribution in [0.2, 0.25) is 0 Å². The van der Waals surface area contributed by atoms with Gasteiger partial charge in [-0.15, -0.1) is 0 Å². The number of carbonyl (C=O) groups excluding carboxylic acids is 1. The van der Waals surface area contributed by atoms with Crippen molar-refractivity contribution >= 4 is 21.8 Å². The highest BCUT2D eigenvalue weighted by Crippen LogP contribution is 2.28. The number of nitrogens with one attached hydrogen (secondary N) is 1. The fraction of sp³-hybridized carbons (Fsp3) is 0.417. The lowest BCUT2D eigenvalue weighted by Gasteiger charge is -2.19. The van der Waals surface area contributed by atoms with E-state index in [9.17, 15) is 4.79 Å². The number of fused-ring (bicyclic) bond motifs is 1. The highest BCUT2D eigenvalue weighted by molar-refractivity contribution is 9.10. The summed E-state index contributed by atoms with van der Waals surface area (Å²) in [6.07, 6.45) is 0. The Balaban J connectivity index is 2.35. The fourth-order valence-electron chi connectivity index (χ4n) is 2.04. The smallest absolute Gasteiger partial charge is 0.268 e. The van der Waals surface area contributed by atoms with Crippen LogP contribution in [0.25, 0.3) is 0 Å². The van der Waals surface area contributed by atoms with Gasteiger partial charge in [-0.2, -0.15) is 0 Å². The van der Waals surface area contributed by atoms with Gasteiger partial charge in [0.25, 0.3) is 5.91 Å². The van der Waals surface area contributed by atoms with Crippen molar-refractivity contribution < 1.29 is 4.79 Å². The van der Waals surface area contributed by atoms with Crippen molar-refractivity contribution in [3.8, 4) is 0 Å². The minimum absolute atomic E-state index is 0.0775. The Labute approximate surface area is 104 Å². The van der Waals surface area contributed by atoms with E-state index in [2.05, 4.69) is 21.4 Å². The molecule has 1 aromatic rings. The van der Waals surface area contributed by atoms with Gasteiger partial charge in [0, 0.05) is 16.1 Å². The van der Waals surface area contributed by atoms with E-state index in [0.29, 0.717) is 6.54 Å². The Kier molecular flexibility index (Phi) is 3.04. The molecular formula is C12H15BrN2O. The van der Waals surface area contributed by atoms with Gasteiger partial charge in [0.05, 0.1) is 6.54 Å². The average molecular weight is 283 g/mol. The molecule has 0 saturated carbocycles. The van der Waals surface area contributed by atoms with Gasteiger partial charge in [-0.3, -0.25) is 9.80 Å². The molecule has 0 fully saturated rings. The van der Waals surface area contributed by atoms with Crippen LogP contribution in [0.3, 0.4) is 0 Å². The first-order valence-electron chi connectivity index (χ1n) is 5.36. The topological polar surface area (TPSA) is 32.3 Å². The number of benzene rings is 1. The molecule has 0 unspecified atom stereocenters. The number of halogens is 1. The van der Waals surface area contributed by atoms with Gasteiger partial charge in [0.1, 0.15) is 0 Å². The van der Waals surface area contributed by atoms with E-state index in [1.807, 2.05) is 32.9 Å². The van der Waals surface area contributed by atoms with Crippen LogP contribution in [0.1, 0.15) is 35.3 Å². The maximum Gasteiger partial charge on any atom is 0.268 e. The third-order valence-electron chi connectivity index (χ3n) is 2.58. The van der Waals surface area contributed by atoms with Gasteiger partial charge in [-0.1, -0.05) is 15.9 Å². The molecule has 0 aliphatic carbocycles. The van der Waals surface area contributed by atoms with Crippen molar-refractivity contribution in [1.29, 1.82) is 0 Å². The summed E-state index contributed by atoms with van der Waals surface area (Å²) in [5, 5.41) is 1.69. The minimum Gasteiger partial charge on any atom is -0.269 e. The molecule has 3 nitrogen and oxygen atoms in total. The number of amides is 1. The third kappa shape index (κ3) is 1.99. The van der Waals surface area contributed by atoms with Gasteiger partial charge in [0.2, 0.25) is 0 Å². The molecule has 16 heavy (non-hydrogen) atoms. The second-order valence-electron chi connectivity index (χ2n) is 4.43. The standard InChI is InChI=1S/C12H15BrN2O/c1-7(2)14-15-6-9-5-10(13)4-8(3)11(9)12(15)16/h4-5,7,14H,6H2,1-3H3. The van der Waals surface area contributed by atoms with E-state index in [1.165, 1.54) is 0 Å². The first kappa shape index (κ1) is 11.6. The van der Waals surface area contributed by atoms with E-state index in [4.69, 9.17) is 0 Å². The van der Waals surface area contributed by atoms with Crippen molar-refractivity contribution in [1.82, 2.24) is 10.4 Å². The highest BCUT2D eigenvalue weighted by Gasteiger charge is 2.29. The normalized spacial score (nSPS) is 14.8. The Morgan fingerprint density at radius 3 is 2.75 bits per heavy atom. The minimum atomic E-state index is 0.0775. The molecule has 1 heterocycles. The van der Waals surface area contributed by atoms with Crippen molar-refractivity contribution in [2.24, 2.45) is 0 Å². The van der Waals surface area contributed by atoms with Gasteiger partial charge < -0.3 is 0 Å². The molecule has 1 aliphatic rings. The Morgan fingerprint density at radius 2 is 2.12 bits per heavy atom. The van der Waals surface area contributed by atoms with Gasteiger partial charge >= 0.3 is 0 Å². The van der Waals surface area contributed by atoms with E-state index in [1.54, 1.807) is 5.01 Å². The van der Waals surface area contributed by atoms with Crippen molar-refractivity contribution in [2.45, 2.75) is 33.4 Å². The van der Waals surface area contributed by atoms with E-state index in [-0.39, 0.29) is 11.9 Å². The SMILES string of the molecule is Cc1cc(Br)cc2c1C(=O)N(NC(C)C)C2. The molecule has 0 spiro atoms. The second kappa shape index (κ2) is 4.18. The summed E-state index contributed by atoms with van der Waals surface area (Å²) in [5.74, 6) is 0.0775. The number of hydrogen-bond acceptors (Lipinski definition) is 2. The van der Waals surface area contributed by atoms with E-state index < -0.39 is 0 Å².